The summed E-state index contributed by atoms with van der Waals surface area (Å²) in [5, 5.41) is 3.01. The van der Waals surface area contributed by atoms with Crippen molar-refractivity contribution in [2.24, 2.45) is 0 Å². The summed E-state index contributed by atoms with van der Waals surface area (Å²) in [6.07, 6.45) is 10.4. The Kier molecular flexibility index (Phi) is 10.0. The second-order valence-electron chi connectivity index (χ2n) is 8.35. The van der Waals surface area contributed by atoms with Crippen LogP contribution in [0.4, 0.5) is 5.69 Å². The molecule has 0 bridgehead atoms. The number of likely N-dealkylation sites (tertiary alicyclic amines) is 2. The SMILES string of the molecule is Cl.Cl.O=C(CN1CCCCC1)Nc1ccc(OC2CCN(C3CCC3)CC2)cc1. The van der Waals surface area contributed by atoms with E-state index in [1.807, 2.05) is 24.3 Å². The summed E-state index contributed by atoms with van der Waals surface area (Å²) in [4.78, 5) is 17.1. The smallest absolute Gasteiger partial charge is 0.238 e. The lowest BCUT2D eigenvalue weighted by molar-refractivity contribution is -0.117. The van der Waals surface area contributed by atoms with Crippen molar-refractivity contribution in [1.82, 2.24) is 9.80 Å². The van der Waals surface area contributed by atoms with Crippen molar-refractivity contribution in [1.29, 1.82) is 0 Å². The van der Waals surface area contributed by atoms with Gasteiger partial charge in [-0.3, -0.25) is 9.69 Å². The molecule has 3 aliphatic rings. The number of hydrogen-bond donors (Lipinski definition) is 1. The first kappa shape index (κ1) is 24.3. The van der Waals surface area contributed by atoms with E-state index < -0.39 is 0 Å². The van der Waals surface area contributed by atoms with E-state index in [2.05, 4.69) is 15.1 Å². The summed E-state index contributed by atoms with van der Waals surface area (Å²) < 4.78 is 6.17. The minimum atomic E-state index is 0. The van der Waals surface area contributed by atoms with E-state index in [0.717, 1.165) is 43.4 Å². The van der Waals surface area contributed by atoms with Crippen molar-refractivity contribution >= 4 is 36.4 Å². The van der Waals surface area contributed by atoms with Crippen LogP contribution >= 0.6 is 24.8 Å². The van der Waals surface area contributed by atoms with E-state index in [1.165, 1.54) is 51.6 Å². The van der Waals surface area contributed by atoms with Gasteiger partial charge in [0.25, 0.3) is 0 Å². The molecule has 2 aliphatic heterocycles. The molecule has 4 rings (SSSR count). The standard InChI is InChI=1S/C22H33N3O2.2ClH/c26-22(17-24-13-2-1-3-14-24)23-18-7-9-20(10-8-18)27-21-11-15-25(16-12-21)19-5-4-6-19;;/h7-10,19,21H,1-6,11-17H2,(H,23,26);2*1H. The monoisotopic (exact) mass is 443 g/mol. The number of carbonyl (C=O) groups is 1. The van der Waals surface area contributed by atoms with Crippen molar-refractivity contribution < 1.29 is 9.53 Å². The Labute approximate surface area is 187 Å². The highest BCUT2D eigenvalue weighted by Crippen LogP contribution is 2.28. The van der Waals surface area contributed by atoms with Gasteiger partial charge in [-0.25, -0.2) is 0 Å². The predicted molar refractivity (Wildman–Crippen MR) is 123 cm³/mol. The highest BCUT2D eigenvalue weighted by atomic mass is 35.5. The molecule has 29 heavy (non-hydrogen) atoms. The number of amides is 1. The number of hydrogen-bond acceptors (Lipinski definition) is 4. The average molecular weight is 444 g/mol. The van der Waals surface area contributed by atoms with Crippen molar-refractivity contribution in [3.05, 3.63) is 24.3 Å². The van der Waals surface area contributed by atoms with Gasteiger partial charge >= 0.3 is 0 Å². The van der Waals surface area contributed by atoms with Gasteiger partial charge in [-0.2, -0.15) is 0 Å². The number of carbonyl (C=O) groups excluding carboxylic acids is 1. The first-order valence-corrected chi connectivity index (χ1v) is 10.8. The number of halogens is 2. The molecule has 1 N–H and O–H groups in total. The molecule has 2 heterocycles. The van der Waals surface area contributed by atoms with E-state index in [9.17, 15) is 4.79 Å². The molecule has 1 aliphatic carbocycles. The molecule has 7 heteroatoms. The lowest BCUT2D eigenvalue weighted by Gasteiger charge is -2.41. The zero-order valence-electron chi connectivity index (χ0n) is 17.2. The molecule has 1 aromatic carbocycles. The van der Waals surface area contributed by atoms with Crippen LogP contribution in [0.25, 0.3) is 0 Å². The largest absolute Gasteiger partial charge is 0.490 e. The van der Waals surface area contributed by atoms with Crippen LogP contribution in [0.5, 0.6) is 5.75 Å². The molecular weight excluding hydrogens is 409 g/mol. The molecule has 2 saturated heterocycles. The van der Waals surface area contributed by atoms with Gasteiger partial charge in [0, 0.05) is 24.8 Å². The maximum atomic E-state index is 12.2. The Morgan fingerprint density at radius 1 is 0.897 bits per heavy atom. The molecule has 0 spiro atoms. The van der Waals surface area contributed by atoms with Gasteiger partial charge in [0.05, 0.1) is 6.54 Å². The van der Waals surface area contributed by atoms with Gasteiger partial charge in [-0.1, -0.05) is 12.8 Å². The van der Waals surface area contributed by atoms with E-state index in [-0.39, 0.29) is 30.7 Å². The van der Waals surface area contributed by atoms with Gasteiger partial charge in [0.15, 0.2) is 0 Å². The number of benzene rings is 1. The summed E-state index contributed by atoms with van der Waals surface area (Å²) in [6, 6.07) is 8.71. The Hall–Kier alpha value is -1.01. The number of ether oxygens (including phenoxy) is 1. The lowest BCUT2D eigenvalue weighted by Crippen LogP contribution is -2.46. The molecule has 0 aromatic heterocycles. The van der Waals surface area contributed by atoms with Crippen LogP contribution < -0.4 is 10.1 Å². The third-order valence-electron chi connectivity index (χ3n) is 6.32. The Bertz CT molecular complexity index is 611. The second-order valence-corrected chi connectivity index (χ2v) is 8.35. The summed E-state index contributed by atoms with van der Waals surface area (Å²) in [7, 11) is 0. The maximum absolute atomic E-state index is 12.2. The van der Waals surface area contributed by atoms with Crippen LogP contribution in [0.15, 0.2) is 24.3 Å². The zero-order valence-corrected chi connectivity index (χ0v) is 18.8. The average Bonchev–Trinajstić information content (AvgIpc) is 2.64. The van der Waals surface area contributed by atoms with Gasteiger partial charge in [0.1, 0.15) is 11.9 Å². The van der Waals surface area contributed by atoms with E-state index in [4.69, 9.17) is 4.74 Å². The van der Waals surface area contributed by atoms with Crippen LogP contribution in [-0.2, 0) is 4.79 Å². The first-order valence-electron chi connectivity index (χ1n) is 10.8. The van der Waals surface area contributed by atoms with E-state index >= 15 is 0 Å². The van der Waals surface area contributed by atoms with Crippen molar-refractivity contribution in [3.8, 4) is 5.75 Å². The lowest BCUT2D eigenvalue weighted by atomic mass is 9.90. The second kappa shape index (κ2) is 12.0. The van der Waals surface area contributed by atoms with E-state index in [1.54, 1.807) is 0 Å². The minimum Gasteiger partial charge on any atom is -0.490 e. The molecule has 0 atom stereocenters. The molecule has 0 radical (unpaired) electrons. The molecule has 1 amide bonds. The van der Waals surface area contributed by atoms with Crippen molar-refractivity contribution in [2.75, 3.05) is 38.0 Å². The number of rotatable bonds is 6. The topological polar surface area (TPSA) is 44.8 Å². The van der Waals surface area contributed by atoms with Crippen molar-refractivity contribution in [3.63, 3.8) is 0 Å². The Balaban J connectivity index is 0.00000150. The third-order valence-corrected chi connectivity index (χ3v) is 6.32. The number of anilines is 1. The molecule has 0 unspecified atom stereocenters. The molecule has 164 valence electrons. The van der Waals surface area contributed by atoms with Gasteiger partial charge in [-0.15, -0.1) is 24.8 Å². The minimum absolute atomic E-state index is 0. The fourth-order valence-corrected chi connectivity index (χ4v) is 4.44. The fraction of sp³-hybridized carbons (Fsp3) is 0.682. The van der Waals surface area contributed by atoms with Gasteiger partial charge in [-0.05, 0) is 75.9 Å². The van der Waals surface area contributed by atoms with E-state index in [0.29, 0.717) is 12.6 Å². The number of nitrogens with zero attached hydrogens (tertiary/aromatic N) is 2. The van der Waals surface area contributed by atoms with Gasteiger partial charge in [0.2, 0.25) is 5.91 Å². The number of nitrogens with one attached hydrogen (secondary N) is 1. The Morgan fingerprint density at radius 2 is 1.55 bits per heavy atom. The summed E-state index contributed by atoms with van der Waals surface area (Å²) in [5.74, 6) is 0.986. The number of piperidine rings is 2. The first-order chi connectivity index (χ1) is 13.3. The zero-order chi connectivity index (χ0) is 18.5. The van der Waals surface area contributed by atoms with Crippen molar-refractivity contribution in [2.45, 2.75) is 63.5 Å². The van der Waals surface area contributed by atoms with Crippen LogP contribution in [0.3, 0.4) is 0 Å². The summed E-state index contributed by atoms with van der Waals surface area (Å²) in [5.41, 5.74) is 0.851. The fourth-order valence-electron chi connectivity index (χ4n) is 4.44. The van der Waals surface area contributed by atoms with Gasteiger partial charge < -0.3 is 15.0 Å². The third kappa shape index (κ3) is 7.02. The highest BCUT2D eigenvalue weighted by molar-refractivity contribution is 5.92. The molecule has 3 fully saturated rings. The van der Waals surface area contributed by atoms with Crippen LogP contribution in [-0.4, -0.2) is 60.6 Å². The van der Waals surface area contributed by atoms with Crippen LogP contribution in [0, 0.1) is 0 Å². The Morgan fingerprint density at radius 3 is 2.14 bits per heavy atom. The van der Waals surface area contributed by atoms with Crippen LogP contribution in [0.1, 0.15) is 51.4 Å². The molecule has 5 nitrogen and oxygen atoms in total. The maximum Gasteiger partial charge on any atom is 0.238 e. The molecular formula is C22H35Cl2N3O2. The molecule has 1 saturated carbocycles. The summed E-state index contributed by atoms with van der Waals surface area (Å²) in [6.45, 7) is 4.91. The normalized spacial score (nSPS) is 21.4. The highest BCUT2D eigenvalue weighted by Gasteiger charge is 2.29. The summed E-state index contributed by atoms with van der Waals surface area (Å²) >= 11 is 0. The predicted octanol–water partition coefficient (Wildman–Crippen LogP) is 4.35. The van der Waals surface area contributed by atoms with Crippen LogP contribution in [0.2, 0.25) is 0 Å². The quantitative estimate of drug-likeness (QED) is 0.709. The molecule has 1 aromatic rings.